The summed E-state index contributed by atoms with van der Waals surface area (Å²) in [5, 5.41) is 6.03. The Morgan fingerprint density at radius 1 is 1.07 bits per heavy atom. The molecule has 3 atom stereocenters. The van der Waals surface area contributed by atoms with Crippen molar-refractivity contribution in [1.82, 2.24) is 9.62 Å². The molecule has 12 heteroatoms. The standard InChI is InChI=1S/C32H37ClF2N4O4S/c33-26-12-9-22(19-28(26)35)30(21-13-17-43-18-14-21)31(36)32(40)38-29-8-4-7-27(34)25(29)11-10-23-20-37-15-16-39(23)44(41,42)24-5-2-1-3-6-24/h1-9,12,19,21,23,30-31,37H,10-11,13-18,20,36H2,(H,38,40)/t23-,30-,31+/m1/s1. The molecule has 44 heavy (non-hydrogen) atoms. The lowest BCUT2D eigenvalue weighted by Crippen LogP contribution is -2.53. The number of hydrogen-bond acceptors (Lipinski definition) is 6. The van der Waals surface area contributed by atoms with Crippen molar-refractivity contribution in [3.8, 4) is 0 Å². The third kappa shape index (κ3) is 7.30. The van der Waals surface area contributed by atoms with E-state index in [1.807, 2.05) is 0 Å². The largest absolute Gasteiger partial charge is 0.381 e. The minimum absolute atomic E-state index is 0.0230. The average Bonchev–Trinajstić information content (AvgIpc) is 3.03. The molecule has 2 fully saturated rings. The number of amides is 1. The van der Waals surface area contributed by atoms with Gasteiger partial charge in [-0.3, -0.25) is 4.79 Å². The fourth-order valence-electron chi connectivity index (χ4n) is 6.22. The molecule has 0 bridgehead atoms. The summed E-state index contributed by atoms with van der Waals surface area (Å²) in [6.45, 7) is 2.22. The Morgan fingerprint density at radius 3 is 2.55 bits per heavy atom. The van der Waals surface area contributed by atoms with Crippen molar-refractivity contribution in [3.63, 3.8) is 0 Å². The van der Waals surface area contributed by atoms with E-state index in [0.717, 1.165) is 0 Å². The molecule has 236 valence electrons. The molecule has 0 unspecified atom stereocenters. The first-order chi connectivity index (χ1) is 21.2. The molecule has 2 aliphatic heterocycles. The second kappa shape index (κ2) is 14.4. The Balaban J connectivity index is 1.35. The van der Waals surface area contributed by atoms with Crippen molar-refractivity contribution >= 4 is 33.2 Å². The van der Waals surface area contributed by atoms with Crippen molar-refractivity contribution in [2.75, 3.05) is 38.2 Å². The van der Waals surface area contributed by atoms with E-state index in [0.29, 0.717) is 51.1 Å². The van der Waals surface area contributed by atoms with E-state index in [1.54, 1.807) is 42.5 Å². The van der Waals surface area contributed by atoms with Gasteiger partial charge < -0.3 is 21.1 Å². The van der Waals surface area contributed by atoms with Gasteiger partial charge in [0, 0.05) is 56.1 Å². The van der Waals surface area contributed by atoms with Crippen LogP contribution in [0.1, 0.15) is 36.3 Å². The van der Waals surface area contributed by atoms with Crippen molar-refractivity contribution < 1.29 is 26.7 Å². The third-order valence-corrected chi connectivity index (χ3v) is 10.8. The van der Waals surface area contributed by atoms with Crippen LogP contribution in [0.2, 0.25) is 5.02 Å². The van der Waals surface area contributed by atoms with Crippen LogP contribution in [-0.4, -0.2) is 63.6 Å². The Hall–Kier alpha value is -2.93. The molecule has 4 N–H and O–H groups in total. The highest BCUT2D eigenvalue weighted by atomic mass is 35.5. The highest BCUT2D eigenvalue weighted by Crippen LogP contribution is 2.36. The molecule has 2 aliphatic rings. The molecule has 0 radical (unpaired) electrons. The molecule has 1 amide bonds. The number of nitrogens with one attached hydrogen (secondary N) is 2. The number of nitrogens with two attached hydrogens (primary N) is 1. The second-order valence-electron chi connectivity index (χ2n) is 11.3. The van der Waals surface area contributed by atoms with E-state index in [9.17, 15) is 17.6 Å². The van der Waals surface area contributed by atoms with E-state index in [4.69, 9.17) is 22.1 Å². The molecule has 2 saturated heterocycles. The monoisotopic (exact) mass is 646 g/mol. The topological polar surface area (TPSA) is 114 Å². The van der Waals surface area contributed by atoms with Crippen LogP contribution >= 0.6 is 11.6 Å². The fraction of sp³-hybridized carbons (Fsp3) is 0.406. The number of sulfonamides is 1. The van der Waals surface area contributed by atoms with Gasteiger partial charge in [-0.15, -0.1) is 0 Å². The van der Waals surface area contributed by atoms with Crippen LogP contribution in [0.5, 0.6) is 0 Å². The normalized spacial score (nSPS) is 19.8. The molecule has 0 saturated carbocycles. The number of halogens is 3. The molecule has 0 aliphatic carbocycles. The predicted octanol–water partition coefficient (Wildman–Crippen LogP) is 4.69. The van der Waals surface area contributed by atoms with Crippen LogP contribution in [-0.2, 0) is 26.0 Å². The van der Waals surface area contributed by atoms with Gasteiger partial charge in [-0.05, 0) is 73.6 Å². The summed E-state index contributed by atoms with van der Waals surface area (Å²) < 4.78 is 63.5. The molecule has 5 rings (SSSR count). The first-order valence-electron chi connectivity index (χ1n) is 14.8. The van der Waals surface area contributed by atoms with E-state index in [2.05, 4.69) is 10.6 Å². The minimum Gasteiger partial charge on any atom is -0.381 e. The van der Waals surface area contributed by atoms with Crippen LogP contribution in [0, 0.1) is 17.6 Å². The summed E-state index contributed by atoms with van der Waals surface area (Å²) in [4.78, 5) is 13.8. The lowest BCUT2D eigenvalue weighted by molar-refractivity contribution is -0.118. The summed E-state index contributed by atoms with van der Waals surface area (Å²) >= 11 is 5.92. The van der Waals surface area contributed by atoms with Crippen LogP contribution in [0.15, 0.2) is 71.6 Å². The van der Waals surface area contributed by atoms with Gasteiger partial charge in [0.05, 0.1) is 16.0 Å². The number of anilines is 1. The molecule has 8 nitrogen and oxygen atoms in total. The Kier molecular flexibility index (Phi) is 10.7. The zero-order valence-electron chi connectivity index (χ0n) is 24.2. The molecule has 3 aromatic rings. The lowest BCUT2D eigenvalue weighted by Gasteiger charge is -2.35. The summed E-state index contributed by atoms with van der Waals surface area (Å²) in [6.07, 6.45) is 1.80. The number of rotatable bonds is 10. The van der Waals surface area contributed by atoms with Crippen LogP contribution < -0.4 is 16.4 Å². The number of hydrogen-bond donors (Lipinski definition) is 3. The quantitative estimate of drug-likeness (QED) is 0.295. The smallest absolute Gasteiger partial charge is 0.243 e. The zero-order valence-corrected chi connectivity index (χ0v) is 25.8. The fourth-order valence-corrected chi connectivity index (χ4v) is 8.01. The average molecular weight is 647 g/mol. The van der Waals surface area contributed by atoms with Gasteiger partial charge in [-0.1, -0.05) is 41.9 Å². The van der Waals surface area contributed by atoms with E-state index >= 15 is 4.39 Å². The Bertz CT molecular complexity index is 1560. The van der Waals surface area contributed by atoms with Crippen LogP contribution in [0.3, 0.4) is 0 Å². The molecule has 0 aromatic heterocycles. The SMILES string of the molecule is N[C@H](C(=O)Nc1cccc(F)c1CC[C@@H]1CNCCN1S(=O)(=O)c1ccccc1)[C@@H](c1ccc(Cl)c(F)c1)C1CCOCC1. The van der Waals surface area contributed by atoms with Crippen molar-refractivity contribution in [1.29, 1.82) is 0 Å². The number of benzene rings is 3. The van der Waals surface area contributed by atoms with Crippen molar-refractivity contribution in [2.45, 2.75) is 48.6 Å². The first-order valence-corrected chi connectivity index (χ1v) is 16.6. The number of piperazine rings is 1. The summed E-state index contributed by atoms with van der Waals surface area (Å²) in [5.74, 6) is -2.20. The summed E-state index contributed by atoms with van der Waals surface area (Å²) in [6, 6.07) is 15.6. The van der Waals surface area contributed by atoms with Crippen molar-refractivity contribution in [2.24, 2.45) is 11.7 Å². The van der Waals surface area contributed by atoms with Gasteiger partial charge in [0.25, 0.3) is 0 Å². The maximum Gasteiger partial charge on any atom is 0.243 e. The number of carbonyl (C=O) groups is 1. The van der Waals surface area contributed by atoms with Gasteiger partial charge in [-0.2, -0.15) is 4.31 Å². The van der Waals surface area contributed by atoms with Crippen molar-refractivity contribution in [3.05, 3.63) is 94.5 Å². The van der Waals surface area contributed by atoms with Gasteiger partial charge in [-0.25, -0.2) is 17.2 Å². The van der Waals surface area contributed by atoms with Gasteiger partial charge in [0.1, 0.15) is 11.6 Å². The molecular formula is C32H37ClF2N4O4S. The Morgan fingerprint density at radius 2 is 1.82 bits per heavy atom. The highest BCUT2D eigenvalue weighted by Gasteiger charge is 2.36. The van der Waals surface area contributed by atoms with Crippen LogP contribution in [0.4, 0.5) is 14.5 Å². The molecule has 0 spiro atoms. The zero-order chi connectivity index (χ0) is 31.3. The summed E-state index contributed by atoms with van der Waals surface area (Å²) in [7, 11) is -3.75. The van der Waals surface area contributed by atoms with Gasteiger partial charge in [0.2, 0.25) is 15.9 Å². The molecule has 2 heterocycles. The third-order valence-electron chi connectivity index (χ3n) is 8.54. The predicted molar refractivity (Wildman–Crippen MR) is 166 cm³/mol. The Labute approximate surface area is 262 Å². The van der Waals surface area contributed by atoms with E-state index < -0.39 is 45.6 Å². The number of nitrogens with zero attached hydrogens (tertiary/aromatic N) is 1. The number of carbonyl (C=O) groups excluding carboxylic acids is 1. The lowest BCUT2D eigenvalue weighted by atomic mass is 9.76. The maximum absolute atomic E-state index is 15.3. The second-order valence-corrected chi connectivity index (χ2v) is 13.6. The number of ether oxygens (including phenoxy) is 1. The molecular weight excluding hydrogens is 610 g/mol. The summed E-state index contributed by atoms with van der Waals surface area (Å²) in [5.41, 5.74) is 7.66. The first kappa shape index (κ1) is 32.5. The van der Waals surface area contributed by atoms with Gasteiger partial charge in [0.15, 0.2) is 0 Å². The molecule has 3 aromatic carbocycles. The van der Waals surface area contributed by atoms with E-state index in [-0.39, 0.29) is 40.1 Å². The highest BCUT2D eigenvalue weighted by molar-refractivity contribution is 7.89. The van der Waals surface area contributed by atoms with Crippen LogP contribution in [0.25, 0.3) is 0 Å². The van der Waals surface area contributed by atoms with Gasteiger partial charge >= 0.3 is 0 Å². The van der Waals surface area contributed by atoms with E-state index in [1.165, 1.54) is 28.6 Å². The minimum atomic E-state index is -3.75. The maximum atomic E-state index is 15.3.